The van der Waals surface area contributed by atoms with E-state index in [4.69, 9.17) is 9.47 Å². The number of ether oxygens (including phenoxy) is 2. The molecule has 0 aromatic rings. The summed E-state index contributed by atoms with van der Waals surface area (Å²) in [6.45, 7) is 8.93. The highest BCUT2D eigenvalue weighted by Gasteiger charge is 2.20. The molecule has 0 aliphatic carbocycles. The van der Waals surface area contributed by atoms with E-state index in [1.807, 2.05) is 20.8 Å². The third-order valence-corrected chi connectivity index (χ3v) is 3.15. The Kier molecular flexibility index (Phi) is 6.07. The summed E-state index contributed by atoms with van der Waals surface area (Å²) in [5.41, 5.74) is -0.444. The van der Waals surface area contributed by atoms with Crippen LogP contribution in [0.15, 0.2) is 0 Å². The van der Waals surface area contributed by atoms with Gasteiger partial charge >= 0.3 is 6.09 Å². The van der Waals surface area contributed by atoms with Crippen LogP contribution in [-0.2, 0) is 9.47 Å². The molecule has 0 spiro atoms. The van der Waals surface area contributed by atoms with Crippen LogP contribution < -0.4 is 0 Å². The molecule has 5 heteroatoms. The van der Waals surface area contributed by atoms with Crippen LogP contribution in [0.25, 0.3) is 0 Å². The van der Waals surface area contributed by atoms with E-state index in [0.717, 1.165) is 25.9 Å². The first-order valence-electron chi connectivity index (χ1n) is 7.02. The predicted molar refractivity (Wildman–Crippen MR) is 75.3 cm³/mol. The van der Waals surface area contributed by atoms with Crippen LogP contribution >= 0.6 is 0 Å². The Hall–Kier alpha value is -0.810. The molecule has 1 heterocycles. The van der Waals surface area contributed by atoms with Gasteiger partial charge < -0.3 is 19.3 Å². The van der Waals surface area contributed by atoms with E-state index in [9.17, 15) is 4.79 Å². The fourth-order valence-electron chi connectivity index (χ4n) is 1.94. The first-order chi connectivity index (χ1) is 8.78. The molecule has 112 valence electrons. The molecule has 0 atom stereocenters. The maximum Gasteiger partial charge on any atom is 0.410 e. The normalized spacial score (nSPS) is 18.4. The van der Waals surface area contributed by atoms with E-state index in [2.05, 4.69) is 11.9 Å². The van der Waals surface area contributed by atoms with Crippen molar-refractivity contribution in [3.63, 3.8) is 0 Å². The zero-order valence-electron chi connectivity index (χ0n) is 12.9. The highest BCUT2D eigenvalue weighted by Crippen LogP contribution is 2.12. The summed E-state index contributed by atoms with van der Waals surface area (Å²) in [7, 11) is 3.87. The van der Waals surface area contributed by atoms with Crippen molar-refractivity contribution in [3.05, 3.63) is 0 Å². The van der Waals surface area contributed by atoms with Gasteiger partial charge in [0.15, 0.2) is 0 Å². The molecule has 0 unspecified atom stereocenters. The maximum absolute atomic E-state index is 11.7. The Morgan fingerprint density at radius 2 is 1.89 bits per heavy atom. The molecule has 1 aliphatic rings. The predicted octanol–water partition coefficient (Wildman–Crippen LogP) is 1.96. The average molecular weight is 272 g/mol. The number of amides is 1. The van der Waals surface area contributed by atoms with Gasteiger partial charge in [0.2, 0.25) is 0 Å². The van der Waals surface area contributed by atoms with E-state index in [-0.39, 0.29) is 6.09 Å². The highest BCUT2D eigenvalue weighted by atomic mass is 16.6. The lowest BCUT2D eigenvalue weighted by Crippen LogP contribution is -2.38. The van der Waals surface area contributed by atoms with Crippen molar-refractivity contribution in [2.24, 2.45) is 0 Å². The summed E-state index contributed by atoms with van der Waals surface area (Å²) in [4.78, 5) is 15.6. The summed E-state index contributed by atoms with van der Waals surface area (Å²) < 4.78 is 11.1. The van der Waals surface area contributed by atoms with E-state index in [1.165, 1.54) is 0 Å². The molecule has 0 radical (unpaired) electrons. The van der Waals surface area contributed by atoms with Crippen molar-refractivity contribution in [2.75, 3.05) is 40.3 Å². The smallest absolute Gasteiger partial charge is 0.410 e. The van der Waals surface area contributed by atoms with Crippen LogP contribution in [0.1, 0.15) is 33.6 Å². The van der Waals surface area contributed by atoms with Gasteiger partial charge in [-0.3, -0.25) is 0 Å². The summed E-state index contributed by atoms with van der Waals surface area (Å²) in [6, 6.07) is 0. The second-order valence-corrected chi connectivity index (χ2v) is 6.28. The monoisotopic (exact) mass is 272 g/mol. The lowest BCUT2D eigenvalue weighted by molar-refractivity contribution is -0.00497. The van der Waals surface area contributed by atoms with Crippen molar-refractivity contribution in [1.82, 2.24) is 9.80 Å². The Morgan fingerprint density at radius 1 is 1.32 bits per heavy atom. The number of carbonyl (C=O) groups excluding carboxylic acids is 1. The molecule has 1 saturated heterocycles. The lowest BCUT2D eigenvalue weighted by atomic mass is 10.1. The fourth-order valence-corrected chi connectivity index (χ4v) is 1.94. The van der Waals surface area contributed by atoms with Gasteiger partial charge in [-0.2, -0.15) is 0 Å². The van der Waals surface area contributed by atoms with Gasteiger partial charge in [-0.15, -0.1) is 0 Å². The molecule has 0 aromatic heterocycles. The second kappa shape index (κ2) is 7.10. The Labute approximate surface area is 116 Å². The van der Waals surface area contributed by atoms with Gasteiger partial charge in [0.25, 0.3) is 0 Å². The van der Waals surface area contributed by atoms with Crippen LogP contribution in [0.5, 0.6) is 0 Å². The summed E-state index contributed by atoms with van der Waals surface area (Å²) >= 11 is 0. The molecule has 19 heavy (non-hydrogen) atoms. The van der Waals surface area contributed by atoms with E-state index >= 15 is 0 Å². The first-order valence-corrected chi connectivity index (χ1v) is 7.02. The third-order valence-electron chi connectivity index (χ3n) is 3.15. The standard InChI is InChI=1S/C14H28N2O3/c1-14(2,3)19-13(17)16(5)10-11-18-12-6-8-15(4)9-7-12/h12H,6-11H2,1-5H3. The molecule has 5 nitrogen and oxygen atoms in total. The average Bonchev–Trinajstić information content (AvgIpc) is 2.29. The molecule has 1 rings (SSSR count). The zero-order chi connectivity index (χ0) is 14.5. The SMILES string of the molecule is CN1CCC(OCCN(C)C(=O)OC(C)(C)C)CC1. The number of rotatable bonds is 4. The van der Waals surface area contributed by atoms with Crippen molar-refractivity contribution >= 4 is 6.09 Å². The van der Waals surface area contributed by atoms with Gasteiger partial charge in [-0.1, -0.05) is 0 Å². The van der Waals surface area contributed by atoms with Crippen molar-refractivity contribution < 1.29 is 14.3 Å². The van der Waals surface area contributed by atoms with Crippen LogP contribution in [0, 0.1) is 0 Å². The van der Waals surface area contributed by atoms with Crippen LogP contribution in [0.3, 0.4) is 0 Å². The van der Waals surface area contributed by atoms with Gasteiger partial charge in [-0.25, -0.2) is 4.79 Å². The molecule has 0 N–H and O–H groups in total. The van der Waals surface area contributed by atoms with Gasteiger partial charge in [0.1, 0.15) is 5.60 Å². The van der Waals surface area contributed by atoms with Gasteiger partial charge in [0, 0.05) is 26.7 Å². The number of likely N-dealkylation sites (tertiary alicyclic amines) is 1. The number of carbonyl (C=O) groups is 1. The molecule has 1 aliphatic heterocycles. The van der Waals surface area contributed by atoms with E-state index in [1.54, 1.807) is 11.9 Å². The van der Waals surface area contributed by atoms with Crippen molar-refractivity contribution in [3.8, 4) is 0 Å². The van der Waals surface area contributed by atoms with E-state index < -0.39 is 5.60 Å². The minimum absolute atomic E-state index is 0.292. The lowest BCUT2D eigenvalue weighted by Gasteiger charge is -2.29. The fraction of sp³-hybridized carbons (Fsp3) is 0.929. The van der Waals surface area contributed by atoms with Crippen LogP contribution in [0.2, 0.25) is 0 Å². The molecule has 0 saturated carbocycles. The summed E-state index contributed by atoms with van der Waals surface area (Å²) in [6.07, 6.45) is 2.20. The van der Waals surface area contributed by atoms with Crippen molar-refractivity contribution in [1.29, 1.82) is 0 Å². The first kappa shape index (κ1) is 16.2. The van der Waals surface area contributed by atoms with E-state index in [0.29, 0.717) is 19.3 Å². The molecular formula is C14H28N2O3. The number of likely N-dealkylation sites (N-methyl/N-ethyl adjacent to an activating group) is 1. The molecule has 0 aromatic carbocycles. The van der Waals surface area contributed by atoms with Gasteiger partial charge in [0.05, 0.1) is 12.7 Å². The van der Waals surface area contributed by atoms with Crippen LogP contribution in [-0.4, -0.2) is 67.9 Å². The minimum Gasteiger partial charge on any atom is -0.444 e. The zero-order valence-corrected chi connectivity index (χ0v) is 12.9. The second-order valence-electron chi connectivity index (χ2n) is 6.28. The topological polar surface area (TPSA) is 42.0 Å². The molecule has 0 bridgehead atoms. The van der Waals surface area contributed by atoms with Crippen molar-refractivity contribution in [2.45, 2.75) is 45.3 Å². The Bertz CT molecular complexity index is 281. The number of piperidine rings is 1. The Balaban J connectivity index is 2.16. The largest absolute Gasteiger partial charge is 0.444 e. The molecule has 1 amide bonds. The summed E-state index contributed by atoms with van der Waals surface area (Å²) in [5, 5.41) is 0. The number of hydrogen-bond donors (Lipinski definition) is 0. The highest BCUT2D eigenvalue weighted by molar-refractivity contribution is 5.67. The quantitative estimate of drug-likeness (QED) is 0.784. The maximum atomic E-state index is 11.7. The van der Waals surface area contributed by atoms with Crippen LogP contribution in [0.4, 0.5) is 4.79 Å². The Morgan fingerprint density at radius 3 is 2.42 bits per heavy atom. The number of nitrogens with zero attached hydrogens (tertiary/aromatic N) is 2. The summed E-state index contributed by atoms with van der Waals surface area (Å²) in [5.74, 6) is 0. The minimum atomic E-state index is -0.444. The molecule has 1 fully saturated rings. The number of hydrogen-bond acceptors (Lipinski definition) is 4. The van der Waals surface area contributed by atoms with Gasteiger partial charge in [-0.05, 0) is 40.7 Å². The third kappa shape index (κ3) is 6.78. The molecular weight excluding hydrogens is 244 g/mol.